The Kier molecular flexibility index (Phi) is 14.3. The van der Waals surface area contributed by atoms with Crippen LogP contribution in [0.5, 0.6) is 0 Å². The molecule has 0 radical (unpaired) electrons. The second kappa shape index (κ2) is 20.2. The van der Waals surface area contributed by atoms with Crippen LogP contribution >= 0.6 is 23.2 Å². The van der Waals surface area contributed by atoms with Gasteiger partial charge >= 0.3 is 10.4 Å². The molecule has 0 unspecified atom stereocenters. The average Bonchev–Trinajstić information content (AvgIpc) is 4.26. The molecule has 356 valence electrons. The van der Waals surface area contributed by atoms with Gasteiger partial charge in [-0.05, 0) is 98.5 Å². The maximum Gasteiger partial charge on any atom is 0.394 e. The summed E-state index contributed by atoms with van der Waals surface area (Å²) in [6.45, 7) is 6.71. The molecule has 2 aliphatic carbocycles. The highest BCUT2D eigenvalue weighted by Crippen LogP contribution is 2.42. The van der Waals surface area contributed by atoms with E-state index in [1.165, 1.54) is 25.7 Å². The molecular formula is C48H54Cl2N12O5S. The first-order valence-electron chi connectivity index (χ1n) is 22.4. The Morgan fingerprint density at radius 1 is 0.632 bits per heavy atom. The number of anilines is 6. The van der Waals surface area contributed by atoms with Gasteiger partial charge in [-0.3, -0.25) is 13.9 Å². The number of fused-ring (bicyclic) bond motifs is 2. The van der Waals surface area contributed by atoms with Crippen molar-refractivity contribution in [1.82, 2.24) is 19.9 Å². The predicted octanol–water partition coefficient (Wildman–Crippen LogP) is 7.42. The lowest BCUT2D eigenvalue weighted by atomic mass is 10.1. The lowest BCUT2D eigenvalue weighted by Gasteiger charge is -2.37. The van der Waals surface area contributed by atoms with E-state index in [-0.39, 0.29) is 0 Å². The summed E-state index contributed by atoms with van der Waals surface area (Å²) in [5.41, 5.74) is 12.6. The second-order valence-electron chi connectivity index (χ2n) is 17.8. The first-order valence-corrected chi connectivity index (χ1v) is 24.6. The predicted molar refractivity (Wildman–Crippen MR) is 271 cm³/mol. The van der Waals surface area contributed by atoms with Crippen LogP contribution in [0, 0.1) is 11.3 Å². The fourth-order valence-corrected chi connectivity index (χ4v) is 8.99. The third kappa shape index (κ3) is 11.5. The van der Waals surface area contributed by atoms with Gasteiger partial charge in [0.15, 0.2) is 0 Å². The molecule has 4 N–H and O–H groups in total. The summed E-state index contributed by atoms with van der Waals surface area (Å²) in [5.74, 6) is 4.56. The number of aromatic nitrogens is 4. The number of nitrogens with zero attached hydrogens (tertiary/aromatic N) is 11. The minimum atomic E-state index is -4.67. The summed E-state index contributed by atoms with van der Waals surface area (Å²) in [6.07, 6.45) is 4.72. The molecule has 2 saturated carbocycles. The molecule has 0 atom stereocenters. The zero-order valence-electron chi connectivity index (χ0n) is 38.3. The fourth-order valence-electron chi connectivity index (χ4n) is 8.39. The number of halogens is 2. The van der Waals surface area contributed by atoms with E-state index in [0.29, 0.717) is 33.0 Å². The highest BCUT2D eigenvalue weighted by molar-refractivity contribution is 7.79. The molecule has 4 fully saturated rings. The fraction of sp³-hybridized carbons (Fsp3) is 0.375. The van der Waals surface area contributed by atoms with E-state index in [1.807, 2.05) is 32.3 Å². The third-order valence-corrected chi connectivity index (χ3v) is 13.0. The lowest BCUT2D eigenvalue weighted by Crippen LogP contribution is -2.47. The number of hydrogen-bond acceptors (Lipinski definition) is 14. The summed E-state index contributed by atoms with van der Waals surface area (Å²) in [6, 6.07) is 25.8. The average molecular weight is 982 g/mol. The molecule has 0 spiro atoms. The van der Waals surface area contributed by atoms with Crippen molar-refractivity contribution in [2.75, 3.05) is 110 Å². The van der Waals surface area contributed by atoms with E-state index in [0.717, 1.165) is 120 Å². The molecule has 2 aromatic heterocycles. The topological polar surface area (TPSA) is 212 Å². The van der Waals surface area contributed by atoms with E-state index in [4.69, 9.17) is 71.7 Å². The maximum atomic E-state index is 11.4. The molecule has 4 aliphatic rings. The number of benzene rings is 4. The van der Waals surface area contributed by atoms with E-state index in [9.17, 15) is 4.79 Å². The van der Waals surface area contributed by atoms with Crippen molar-refractivity contribution in [3.8, 4) is 6.07 Å². The minimum absolute atomic E-state index is 0.425. The molecule has 2 saturated heterocycles. The van der Waals surface area contributed by atoms with Gasteiger partial charge in [0, 0.05) is 120 Å². The smallest absolute Gasteiger partial charge is 0.378 e. The first kappa shape index (κ1) is 48.2. The SMILES string of the molecule is CN(C)c1ccc2nc(C3CC3)nc(N3CCN(c4ccc(C#N)cc4Cl)CC3)c2c1.CN(C)c1ccc2nc(C3CC3)nc(N3CCN(c4ccc(C(N)=O)cc4Cl)CC3)c2c1.O=S(=O)(O)O. The highest BCUT2D eigenvalue weighted by Gasteiger charge is 2.31. The van der Waals surface area contributed by atoms with Crippen LogP contribution in [0.25, 0.3) is 21.8 Å². The van der Waals surface area contributed by atoms with E-state index in [2.05, 4.69) is 86.0 Å². The van der Waals surface area contributed by atoms with Gasteiger partial charge in [-0.15, -0.1) is 0 Å². The number of carbonyl (C=O) groups excluding carboxylic acids is 1. The standard InChI is InChI=1S/C24H27ClN6O.C24H25ClN6.H2O4S/c1-29(2)17-6-7-20-18(14-17)24(28-23(27-20)15-3-4-15)31-11-9-30(10-12-31)21-8-5-16(22(26)32)13-19(21)25;1-29(2)18-6-7-21-19(14-18)24(28-23(27-21)17-4-5-17)31-11-9-30(10-12-31)22-8-3-16(15-26)13-20(22)25;1-5(2,3)4/h5-8,13-15H,3-4,9-12H2,1-2H3,(H2,26,32);3,6-8,13-14,17H,4-5,9-12H2,1-2H3;(H2,1,2,3,4). The van der Waals surface area contributed by atoms with Crippen LogP contribution < -0.4 is 35.1 Å². The molecule has 68 heavy (non-hydrogen) atoms. The van der Waals surface area contributed by atoms with E-state index < -0.39 is 16.3 Å². The third-order valence-electron chi connectivity index (χ3n) is 12.4. The summed E-state index contributed by atoms with van der Waals surface area (Å²) in [4.78, 5) is 44.7. The number of amides is 1. The first-order chi connectivity index (χ1) is 32.4. The Labute approximate surface area is 406 Å². The van der Waals surface area contributed by atoms with Crippen molar-refractivity contribution >= 4 is 95.7 Å². The van der Waals surface area contributed by atoms with Gasteiger partial charge in [0.1, 0.15) is 23.3 Å². The van der Waals surface area contributed by atoms with Crippen LogP contribution in [0.4, 0.5) is 34.4 Å². The monoisotopic (exact) mass is 980 g/mol. The number of nitriles is 1. The van der Waals surface area contributed by atoms with Crippen molar-refractivity contribution < 1.29 is 22.3 Å². The second-order valence-corrected chi connectivity index (χ2v) is 19.5. The van der Waals surface area contributed by atoms with Crippen LogP contribution in [0.1, 0.15) is 65.1 Å². The normalized spacial score (nSPS) is 16.1. The number of piperazine rings is 2. The highest BCUT2D eigenvalue weighted by atomic mass is 35.5. The molecule has 0 bridgehead atoms. The van der Waals surface area contributed by atoms with Gasteiger partial charge in [-0.25, -0.2) is 19.9 Å². The largest absolute Gasteiger partial charge is 0.394 e. The Hall–Kier alpha value is -6.23. The Balaban J connectivity index is 0.000000167. The van der Waals surface area contributed by atoms with Crippen LogP contribution in [0.3, 0.4) is 0 Å². The number of nitrogens with two attached hydrogens (primary N) is 1. The van der Waals surface area contributed by atoms with Crippen LogP contribution in [-0.4, -0.2) is 124 Å². The van der Waals surface area contributed by atoms with Gasteiger partial charge < -0.3 is 35.1 Å². The van der Waals surface area contributed by atoms with Gasteiger partial charge in [-0.2, -0.15) is 13.7 Å². The van der Waals surface area contributed by atoms with Crippen molar-refractivity contribution in [2.24, 2.45) is 5.73 Å². The van der Waals surface area contributed by atoms with Crippen molar-refractivity contribution in [3.63, 3.8) is 0 Å². The van der Waals surface area contributed by atoms with Crippen LogP contribution in [0.2, 0.25) is 10.0 Å². The van der Waals surface area contributed by atoms with Gasteiger partial charge in [0.2, 0.25) is 5.91 Å². The zero-order valence-corrected chi connectivity index (χ0v) is 40.7. The lowest BCUT2D eigenvalue weighted by molar-refractivity contribution is 0.1000. The summed E-state index contributed by atoms with van der Waals surface area (Å²) < 4.78 is 31.6. The van der Waals surface area contributed by atoms with Gasteiger partial charge in [-0.1, -0.05) is 23.2 Å². The molecule has 2 aliphatic heterocycles. The van der Waals surface area contributed by atoms with Crippen LogP contribution in [-0.2, 0) is 10.4 Å². The summed E-state index contributed by atoms with van der Waals surface area (Å²) in [7, 11) is 3.54. The Morgan fingerprint density at radius 3 is 1.38 bits per heavy atom. The molecule has 4 heterocycles. The van der Waals surface area contributed by atoms with Gasteiger partial charge in [0.05, 0.1) is 44.1 Å². The molecule has 4 aromatic carbocycles. The molecule has 20 heteroatoms. The van der Waals surface area contributed by atoms with E-state index in [1.54, 1.807) is 18.2 Å². The number of hydrogen-bond donors (Lipinski definition) is 3. The van der Waals surface area contributed by atoms with Crippen molar-refractivity contribution in [2.45, 2.75) is 37.5 Å². The number of rotatable bonds is 9. The molecule has 1 amide bonds. The van der Waals surface area contributed by atoms with Gasteiger partial charge in [0.25, 0.3) is 0 Å². The number of primary amides is 1. The molecule has 6 aromatic rings. The van der Waals surface area contributed by atoms with Crippen LogP contribution in [0.15, 0.2) is 72.8 Å². The molecule has 17 nitrogen and oxygen atoms in total. The van der Waals surface area contributed by atoms with E-state index >= 15 is 0 Å². The van der Waals surface area contributed by atoms with Crippen molar-refractivity contribution in [3.05, 3.63) is 106 Å². The summed E-state index contributed by atoms with van der Waals surface area (Å²) >= 11 is 12.9. The molecule has 10 rings (SSSR count). The Bertz CT molecular complexity index is 2990. The molecular weight excluding hydrogens is 928 g/mol. The maximum absolute atomic E-state index is 11.4. The van der Waals surface area contributed by atoms with Crippen molar-refractivity contribution in [1.29, 1.82) is 5.26 Å². The Morgan fingerprint density at radius 2 is 1.03 bits per heavy atom. The zero-order chi connectivity index (χ0) is 48.4. The summed E-state index contributed by atoms with van der Waals surface area (Å²) in [5, 5.41) is 12.5. The minimum Gasteiger partial charge on any atom is -0.378 e. The number of carbonyl (C=O) groups is 1. The quantitative estimate of drug-likeness (QED) is 0.120.